The fourth-order valence-corrected chi connectivity index (χ4v) is 3.19. The van der Waals surface area contributed by atoms with Crippen LogP contribution in [0, 0.1) is 5.82 Å². The van der Waals surface area contributed by atoms with E-state index in [1.165, 1.54) is 25.0 Å². The van der Waals surface area contributed by atoms with Crippen LogP contribution in [0.1, 0.15) is 54.9 Å². The van der Waals surface area contributed by atoms with Gasteiger partial charge in [0.15, 0.2) is 0 Å². The molecule has 2 aliphatic rings. The molecule has 0 radical (unpaired) electrons. The molecule has 24 heavy (non-hydrogen) atoms. The van der Waals surface area contributed by atoms with Crippen molar-refractivity contribution < 1.29 is 9.50 Å². The number of aliphatic hydroxyl groups is 1. The minimum atomic E-state index is -0.623. The molecule has 2 aromatic rings. The second-order valence-electron chi connectivity index (χ2n) is 7.04. The first-order valence-corrected chi connectivity index (χ1v) is 8.67. The average molecular weight is 330 g/mol. The molecule has 1 aromatic heterocycles. The van der Waals surface area contributed by atoms with Gasteiger partial charge in [0, 0.05) is 25.6 Å². The molecule has 4 rings (SSSR count). The van der Waals surface area contributed by atoms with E-state index in [9.17, 15) is 9.50 Å². The van der Waals surface area contributed by atoms with Crippen LogP contribution in [-0.2, 0) is 13.6 Å². The van der Waals surface area contributed by atoms with Gasteiger partial charge in [0.05, 0.1) is 12.6 Å². The Morgan fingerprint density at radius 1 is 1.21 bits per heavy atom. The van der Waals surface area contributed by atoms with Gasteiger partial charge in [0.2, 0.25) is 0 Å². The summed E-state index contributed by atoms with van der Waals surface area (Å²) < 4.78 is 15.2. The lowest BCUT2D eigenvalue weighted by atomic mass is 10.1. The molecule has 0 spiro atoms. The van der Waals surface area contributed by atoms with Gasteiger partial charge in [-0.05, 0) is 43.4 Å². The van der Waals surface area contributed by atoms with E-state index in [2.05, 4.69) is 19.7 Å². The first-order valence-electron chi connectivity index (χ1n) is 8.67. The van der Waals surface area contributed by atoms with E-state index in [4.69, 9.17) is 0 Å². The van der Waals surface area contributed by atoms with Crippen LogP contribution < -0.4 is 0 Å². The molecule has 1 atom stereocenters. The van der Waals surface area contributed by atoms with Gasteiger partial charge in [-0.2, -0.15) is 0 Å². The van der Waals surface area contributed by atoms with E-state index in [-0.39, 0.29) is 5.82 Å². The summed E-state index contributed by atoms with van der Waals surface area (Å²) in [5.41, 5.74) is 0.749. The molecule has 1 aromatic carbocycles. The van der Waals surface area contributed by atoms with Crippen molar-refractivity contribution in [3.05, 3.63) is 47.3 Å². The summed E-state index contributed by atoms with van der Waals surface area (Å²) in [5, 5.41) is 19.2. The zero-order chi connectivity index (χ0) is 16.7. The molecule has 0 aliphatic heterocycles. The Bertz CT molecular complexity index is 706. The van der Waals surface area contributed by atoms with Gasteiger partial charge in [-0.1, -0.05) is 12.1 Å². The third-order valence-corrected chi connectivity index (χ3v) is 5.01. The summed E-state index contributed by atoms with van der Waals surface area (Å²) in [6.07, 6.45) is 4.11. The molecule has 1 N–H and O–H groups in total. The van der Waals surface area contributed by atoms with E-state index in [0.29, 0.717) is 25.0 Å². The zero-order valence-electron chi connectivity index (χ0n) is 13.9. The highest BCUT2D eigenvalue weighted by molar-refractivity contribution is 5.19. The van der Waals surface area contributed by atoms with Crippen LogP contribution in [0.4, 0.5) is 4.39 Å². The van der Waals surface area contributed by atoms with Crippen molar-refractivity contribution in [2.45, 2.75) is 50.3 Å². The molecular weight excluding hydrogens is 307 g/mol. The molecular formula is C18H23FN4O. The van der Waals surface area contributed by atoms with Crippen molar-refractivity contribution in [3.63, 3.8) is 0 Å². The van der Waals surface area contributed by atoms with Crippen LogP contribution in [-0.4, -0.2) is 37.4 Å². The van der Waals surface area contributed by atoms with Crippen molar-refractivity contribution in [1.82, 2.24) is 19.7 Å². The zero-order valence-corrected chi connectivity index (χ0v) is 13.9. The van der Waals surface area contributed by atoms with Gasteiger partial charge in [-0.25, -0.2) is 4.39 Å². The Morgan fingerprint density at radius 2 is 1.92 bits per heavy atom. The number of aliphatic hydroxyl groups excluding tert-OH is 1. The molecule has 128 valence electrons. The lowest BCUT2D eigenvalue weighted by Gasteiger charge is -2.24. The fourth-order valence-electron chi connectivity index (χ4n) is 3.19. The van der Waals surface area contributed by atoms with Crippen molar-refractivity contribution in [1.29, 1.82) is 0 Å². The van der Waals surface area contributed by atoms with E-state index in [1.54, 1.807) is 12.1 Å². The standard InChI is InChI=1S/C18H23FN4O/c1-22-17(20-21-18(22)13-2-3-13)11-23(15-8-9-15)10-16(24)12-4-6-14(19)7-5-12/h4-7,13,15-16,24H,2-3,8-11H2,1H3. The van der Waals surface area contributed by atoms with Crippen LogP contribution >= 0.6 is 0 Å². The highest BCUT2D eigenvalue weighted by Gasteiger charge is 2.33. The largest absolute Gasteiger partial charge is 0.387 e. The Balaban J connectivity index is 1.45. The lowest BCUT2D eigenvalue weighted by molar-refractivity contribution is 0.102. The van der Waals surface area contributed by atoms with E-state index >= 15 is 0 Å². The van der Waals surface area contributed by atoms with E-state index in [0.717, 1.165) is 30.1 Å². The van der Waals surface area contributed by atoms with Crippen molar-refractivity contribution in [2.24, 2.45) is 7.05 Å². The maximum atomic E-state index is 13.0. The molecule has 1 heterocycles. The summed E-state index contributed by atoms with van der Waals surface area (Å²) in [7, 11) is 2.03. The smallest absolute Gasteiger partial charge is 0.146 e. The summed E-state index contributed by atoms with van der Waals surface area (Å²) in [6, 6.07) is 6.59. The van der Waals surface area contributed by atoms with Crippen LogP contribution in [0.15, 0.2) is 24.3 Å². The Kier molecular flexibility index (Phi) is 4.10. The fraction of sp³-hybridized carbons (Fsp3) is 0.556. The number of hydrogen-bond donors (Lipinski definition) is 1. The number of halogens is 1. The third-order valence-electron chi connectivity index (χ3n) is 5.01. The van der Waals surface area contributed by atoms with E-state index in [1.807, 2.05) is 7.05 Å². The van der Waals surface area contributed by atoms with Gasteiger partial charge in [0.1, 0.15) is 17.5 Å². The minimum absolute atomic E-state index is 0.281. The number of nitrogens with zero attached hydrogens (tertiary/aromatic N) is 4. The predicted molar refractivity (Wildman–Crippen MR) is 87.8 cm³/mol. The second kappa shape index (κ2) is 6.26. The summed E-state index contributed by atoms with van der Waals surface area (Å²) in [4.78, 5) is 2.27. The van der Waals surface area contributed by atoms with Crippen LogP contribution in [0.5, 0.6) is 0 Å². The van der Waals surface area contributed by atoms with Crippen molar-refractivity contribution in [3.8, 4) is 0 Å². The quantitative estimate of drug-likeness (QED) is 0.848. The van der Waals surface area contributed by atoms with Gasteiger partial charge in [0.25, 0.3) is 0 Å². The van der Waals surface area contributed by atoms with Crippen LogP contribution in [0.25, 0.3) is 0 Å². The molecule has 0 bridgehead atoms. The van der Waals surface area contributed by atoms with Crippen molar-refractivity contribution >= 4 is 0 Å². The summed E-state index contributed by atoms with van der Waals surface area (Å²) >= 11 is 0. The molecule has 1 unspecified atom stereocenters. The third kappa shape index (κ3) is 3.35. The van der Waals surface area contributed by atoms with Gasteiger partial charge in [-0.3, -0.25) is 4.90 Å². The molecule has 2 aliphatic carbocycles. The highest BCUT2D eigenvalue weighted by atomic mass is 19.1. The summed E-state index contributed by atoms with van der Waals surface area (Å²) in [6.45, 7) is 1.22. The van der Waals surface area contributed by atoms with Gasteiger partial charge >= 0.3 is 0 Å². The minimum Gasteiger partial charge on any atom is -0.387 e. The first kappa shape index (κ1) is 15.7. The normalized spacial score (nSPS) is 19.0. The molecule has 5 nitrogen and oxygen atoms in total. The first-order chi connectivity index (χ1) is 11.6. The summed E-state index contributed by atoms with van der Waals surface area (Å²) in [5.74, 6) is 2.34. The Labute approximate surface area is 141 Å². The topological polar surface area (TPSA) is 54.2 Å². The molecule has 0 amide bonds. The molecule has 0 saturated heterocycles. The molecule has 2 saturated carbocycles. The Hall–Kier alpha value is -1.79. The number of aromatic nitrogens is 3. The molecule has 6 heteroatoms. The maximum absolute atomic E-state index is 13.0. The monoisotopic (exact) mass is 330 g/mol. The number of rotatable bonds is 7. The van der Waals surface area contributed by atoms with E-state index < -0.39 is 6.10 Å². The van der Waals surface area contributed by atoms with Crippen molar-refractivity contribution in [2.75, 3.05) is 6.54 Å². The Morgan fingerprint density at radius 3 is 2.54 bits per heavy atom. The molecule has 2 fully saturated rings. The van der Waals surface area contributed by atoms with Gasteiger partial charge < -0.3 is 9.67 Å². The highest BCUT2D eigenvalue weighted by Crippen LogP contribution is 2.39. The van der Waals surface area contributed by atoms with Crippen LogP contribution in [0.3, 0.4) is 0 Å². The van der Waals surface area contributed by atoms with Gasteiger partial charge in [-0.15, -0.1) is 10.2 Å². The second-order valence-corrected chi connectivity index (χ2v) is 7.04. The number of hydrogen-bond acceptors (Lipinski definition) is 4. The average Bonchev–Trinajstić information content (AvgIpc) is 3.47. The van der Waals surface area contributed by atoms with Crippen LogP contribution in [0.2, 0.25) is 0 Å². The maximum Gasteiger partial charge on any atom is 0.146 e. The SMILES string of the molecule is Cn1c(CN(CC(O)c2ccc(F)cc2)C2CC2)nnc1C1CC1. The lowest BCUT2D eigenvalue weighted by Crippen LogP contribution is -2.31. The number of benzene rings is 1. The predicted octanol–water partition coefficient (Wildman–Crippen LogP) is 2.53.